The van der Waals surface area contributed by atoms with E-state index in [-0.39, 0.29) is 18.0 Å². The Morgan fingerprint density at radius 2 is 2.09 bits per heavy atom. The summed E-state index contributed by atoms with van der Waals surface area (Å²) in [6.07, 6.45) is 1.47. The van der Waals surface area contributed by atoms with Gasteiger partial charge in [0.05, 0.1) is 6.10 Å². The topological polar surface area (TPSA) is 70.8 Å². The molecule has 22 heavy (non-hydrogen) atoms. The van der Waals surface area contributed by atoms with Gasteiger partial charge in [0.15, 0.2) is 0 Å². The standard InChI is InChI=1S/C17H19NO4/c1-10-12-5-3-4-6-14(12)22-17(21)15(10)16(20)18(2)9-13(19)11-7-8-11/h3-6,11,13,19H,7-9H2,1-2H3. The Morgan fingerprint density at radius 3 is 2.77 bits per heavy atom. The number of carbonyl (C=O) groups excluding carboxylic acids is 1. The lowest BCUT2D eigenvalue weighted by molar-refractivity contribution is 0.0641. The monoisotopic (exact) mass is 301 g/mol. The number of amides is 1. The Balaban J connectivity index is 1.94. The van der Waals surface area contributed by atoms with E-state index in [1.54, 1.807) is 26.1 Å². The van der Waals surface area contributed by atoms with Gasteiger partial charge in [-0.25, -0.2) is 4.79 Å². The van der Waals surface area contributed by atoms with E-state index in [1.165, 1.54) is 4.90 Å². The number of aliphatic hydroxyl groups excluding tert-OH is 1. The fourth-order valence-corrected chi connectivity index (χ4v) is 2.74. The van der Waals surface area contributed by atoms with Crippen LogP contribution < -0.4 is 5.63 Å². The first-order valence-electron chi connectivity index (χ1n) is 7.45. The lowest BCUT2D eigenvalue weighted by Crippen LogP contribution is -2.37. The van der Waals surface area contributed by atoms with Crippen molar-refractivity contribution in [3.8, 4) is 0 Å². The summed E-state index contributed by atoms with van der Waals surface area (Å²) < 4.78 is 5.24. The average Bonchev–Trinajstić information content (AvgIpc) is 3.31. The van der Waals surface area contributed by atoms with Crippen molar-refractivity contribution >= 4 is 16.9 Å². The van der Waals surface area contributed by atoms with Gasteiger partial charge < -0.3 is 14.4 Å². The molecule has 0 radical (unpaired) electrons. The molecule has 1 fully saturated rings. The van der Waals surface area contributed by atoms with Gasteiger partial charge in [-0.15, -0.1) is 0 Å². The van der Waals surface area contributed by atoms with Crippen LogP contribution in [-0.2, 0) is 0 Å². The third-order valence-electron chi connectivity index (χ3n) is 4.26. The first-order valence-corrected chi connectivity index (χ1v) is 7.45. The minimum atomic E-state index is -0.631. The summed E-state index contributed by atoms with van der Waals surface area (Å²) >= 11 is 0. The molecule has 1 aliphatic carbocycles. The van der Waals surface area contributed by atoms with E-state index in [9.17, 15) is 14.7 Å². The van der Waals surface area contributed by atoms with Gasteiger partial charge >= 0.3 is 5.63 Å². The first-order chi connectivity index (χ1) is 10.5. The second-order valence-electron chi connectivity index (χ2n) is 5.98. The highest BCUT2D eigenvalue weighted by atomic mass is 16.4. The summed E-state index contributed by atoms with van der Waals surface area (Å²) in [5, 5.41) is 10.7. The van der Waals surface area contributed by atoms with E-state index >= 15 is 0 Å². The summed E-state index contributed by atoms with van der Waals surface area (Å²) in [6, 6.07) is 7.15. The molecular formula is C17H19NO4. The molecule has 1 amide bonds. The van der Waals surface area contributed by atoms with Crippen LogP contribution in [0.15, 0.2) is 33.5 Å². The van der Waals surface area contributed by atoms with Crippen LogP contribution in [-0.4, -0.2) is 35.6 Å². The molecule has 0 saturated heterocycles. The number of fused-ring (bicyclic) bond motifs is 1. The van der Waals surface area contributed by atoms with Gasteiger partial charge in [0.25, 0.3) is 5.91 Å². The van der Waals surface area contributed by atoms with E-state index in [2.05, 4.69) is 0 Å². The van der Waals surface area contributed by atoms with Crippen LogP contribution in [0.1, 0.15) is 28.8 Å². The van der Waals surface area contributed by atoms with Crippen LogP contribution in [0, 0.1) is 12.8 Å². The highest BCUT2D eigenvalue weighted by molar-refractivity contribution is 5.99. The molecule has 1 N–H and O–H groups in total. The van der Waals surface area contributed by atoms with Crippen molar-refractivity contribution in [1.82, 2.24) is 4.90 Å². The van der Waals surface area contributed by atoms with Gasteiger partial charge in [-0.3, -0.25) is 4.79 Å². The van der Waals surface area contributed by atoms with Crippen molar-refractivity contribution in [3.63, 3.8) is 0 Å². The van der Waals surface area contributed by atoms with Gasteiger partial charge in [0.2, 0.25) is 0 Å². The van der Waals surface area contributed by atoms with Crippen molar-refractivity contribution in [3.05, 3.63) is 45.8 Å². The maximum atomic E-state index is 12.6. The predicted molar refractivity (Wildman–Crippen MR) is 82.9 cm³/mol. The van der Waals surface area contributed by atoms with Gasteiger partial charge in [-0.2, -0.15) is 0 Å². The molecule has 1 aliphatic rings. The fraction of sp³-hybridized carbons (Fsp3) is 0.412. The molecule has 5 heteroatoms. The first kappa shape index (κ1) is 14.8. The zero-order valence-electron chi connectivity index (χ0n) is 12.7. The summed E-state index contributed by atoms with van der Waals surface area (Å²) in [4.78, 5) is 26.1. The van der Waals surface area contributed by atoms with Crippen LogP contribution in [0.2, 0.25) is 0 Å². The van der Waals surface area contributed by atoms with Gasteiger partial charge in [0, 0.05) is 19.0 Å². The van der Waals surface area contributed by atoms with Crippen molar-refractivity contribution in [1.29, 1.82) is 0 Å². The maximum absolute atomic E-state index is 12.6. The SMILES string of the molecule is Cc1c(C(=O)N(C)CC(O)C2CC2)c(=O)oc2ccccc12. The second kappa shape index (κ2) is 5.57. The molecule has 1 unspecified atom stereocenters. The maximum Gasteiger partial charge on any atom is 0.349 e. The smallest absolute Gasteiger partial charge is 0.349 e. The number of hydrogen-bond donors (Lipinski definition) is 1. The molecule has 1 aromatic heterocycles. The van der Waals surface area contributed by atoms with Crippen LogP contribution in [0.4, 0.5) is 0 Å². The molecule has 5 nitrogen and oxygen atoms in total. The van der Waals surface area contributed by atoms with E-state index < -0.39 is 17.6 Å². The van der Waals surface area contributed by atoms with Gasteiger partial charge in [0.1, 0.15) is 11.1 Å². The predicted octanol–water partition coefficient (Wildman–Crippen LogP) is 1.94. The van der Waals surface area contributed by atoms with E-state index in [1.807, 2.05) is 12.1 Å². The van der Waals surface area contributed by atoms with Gasteiger partial charge in [-0.1, -0.05) is 18.2 Å². The zero-order valence-corrected chi connectivity index (χ0v) is 12.7. The van der Waals surface area contributed by atoms with E-state index in [0.717, 1.165) is 18.2 Å². The molecular weight excluding hydrogens is 282 g/mol. The minimum Gasteiger partial charge on any atom is -0.422 e. The number of carbonyl (C=O) groups is 1. The number of aryl methyl sites for hydroxylation is 1. The number of aliphatic hydroxyl groups is 1. The van der Waals surface area contributed by atoms with Crippen molar-refractivity contribution in [2.24, 2.45) is 5.92 Å². The number of rotatable bonds is 4. The highest BCUT2D eigenvalue weighted by Crippen LogP contribution is 2.32. The Morgan fingerprint density at radius 1 is 1.41 bits per heavy atom. The number of para-hydroxylation sites is 1. The second-order valence-corrected chi connectivity index (χ2v) is 5.98. The lowest BCUT2D eigenvalue weighted by atomic mass is 10.0. The van der Waals surface area contributed by atoms with Crippen LogP contribution in [0.3, 0.4) is 0 Å². The molecule has 0 aliphatic heterocycles. The summed E-state index contributed by atoms with van der Waals surface area (Å²) in [7, 11) is 1.60. The summed E-state index contributed by atoms with van der Waals surface area (Å²) in [5.41, 5.74) is 0.505. The Hall–Kier alpha value is -2.14. The van der Waals surface area contributed by atoms with Crippen molar-refractivity contribution in [2.45, 2.75) is 25.9 Å². The normalized spacial score (nSPS) is 15.8. The van der Waals surface area contributed by atoms with Crippen molar-refractivity contribution in [2.75, 3.05) is 13.6 Å². The van der Waals surface area contributed by atoms with Crippen LogP contribution >= 0.6 is 0 Å². The van der Waals surface area contributed by atoms with Crippen LogP contribution in [0.5, 0.6) is 0 Å². The molecule has 3 rings (SSSR count). The number of likely N-dealkylation sites (N-methyl/N-ethyl adjacent to an activating group) is 1. The average molecular weight is 301 g/mol. The van der Waals surface area contributed by atoms with Crippen LogP contribution in [0.25, 0.3) is 11.0 Å². The molecule has 2 aromatic rings. The molecule has 0 spiro atoms. The summed E-state index contributed by atoms with van der Waals surface area (Å²) in [6.45, 7) is 1.98. The molecule has 1 atom stereocenters. The van der Waals surface area contributed by atoms with Gasteiger partial charge in [-0.05, 0) is 37.3 Å². The lowest BCUT2D eigenvalue weighted by Gasteiger charge is -2.21. The number of hydrogen-bond acceptors (Lipinski definition) is 4. The Bertz CT molecular complexity index is 776. The Kier molecular flexibility index (Phi) is 3.74. The molecule has 1 saturated carbocycles. The minimum absolute atomic E-state index is 0.0456. The summed E-state index contributed by atoms with van der Waals surface area (Å²) in [5.74, 6) is -0.124. The molecule has 0 bridgehead atoms. The third kappa shape index (κ3) is 2.64. The highest BCUT2D eigenvalue weighted by Gasteiger charge is 2.32. The van der Waals surface area contributed by atoms with E-state index in [4.69, 9.17) is 4.42 Å². The zero-order chi connectivity index (χ0) is 15.9. The van der Waals surface area contributed by atoms with E-state index in [0.29, 0.717) is 11.1 Å². The Labute approximate surface area is 128 Å². The molecule has 1 aromatic carbocycles. The number of benzene rings is 1. The van der Waals surface area contributed by atoms with Crippen molar-refractivity contribution < 1.29 is 14.3 Å². The molecule has 1 heterocycles. The molecule has 116 valence electrons. The third-order valence-corrected chi connectivity index (χ3v) is 4.26. The number of nitrogens with zero attached hydrogens (tertiary/aromatic N) is 1. The largest absolute Gasteiger partial charge is 0.422 e. The fourth-order valence-electron chi connectivity index (χ4n) is 2.74. The quantitative estimate of drug-likeness (QED) is 0.876.